The van der Waals surface area contributed by atoms with Crippen LogP contribution in [0.25, 0.3) is 0 Å². The average Bonchev–Trinajstić information content (AvgIpc) is 2.42. The molecule has 4 heteroatoms. The molecule has 2 nitrogen and oxygen atoms in total. The maximum absolute atomic E-state index is 6.05. The molecular weight excluding hydrogens is 279 g/mol. The van der Waals surface area contributed by atoms with E-state index in [9.17, 15) is 0 Å². The smallest absolute Gasteiger partial charge is 0.0595 e. The summed E-state index contributed by atoms with van der Waals surface area (Å²) in [6.07, 6.45) is 2.57. The van der Waals surface area contributed by atoms with Crippen molar-refractivity contribution in [3.63, 3.8) is 0 Å². The maximum Gasteiger partial charge on any atom is 0.0595 e. The third-order valence-electron chi connectivity index (χ3n) is 3.78. The molecule has 1 aliphatic heterocycles. The second kappa shape index (κ2) is 7.49. The van der Waals surface area contributed by atoms with Gasteiger partial charge in [-0.15, -0.1) is 0 Å². The van der Waals surface area contributed by atoms with Crippen molar-refractivity contribution < 1.29 is 0 Å². The molecule has 0 aliphatic carbocycles. The van der Waals surface area contributed by atoms with E-state index in [4.69, 9.17) is 23.2 Å². The number of hydrogen-bond acceptors (Lipinski definition) is 2. The lowest BCUT2D eigenvalue weighted by Crippen LogP contribution is -2.36. The molecule has 1 heterocycles. The minimum absolute atomic E-state index is 0.634. The van der Waals surface area contributed by atoms with Crippen LogP contribution in [0.4, 0.5) is 0 Å². The van der Waals surface area contributed by atoms with Gasteiger partial charge in [-0.25, -0.2) is 0 Å². The topological polar surface area (TPSA) is 15.3 Å². The molecule has 1 aromatic carbocycles. The van der Waals surface area contributed by atoms with Gasteiger partial charge in [0.2, 0.25) is 0 Å². The van der Waals surface area contributed by atoms with E-state index in [-0.39, 0.29) is 0 Å². The summed E-state index contributed by atoms with van der Waals surface area (Å²) in [5.41, 5.74) is 1.25. The average molecular weight is 301 g/mol. The van der Waals surface area contributed by atoms with Gasteiger partial charge in [-0.2, -0.15) is 0 Å². The largest absolute Gasteiger partial charge is 0.317 e. The van der Waals surface area contributed by atoms with E-state index >= 15 is 0 Å². The summed E-state index contributed by atoms with van der Waals surface area (Å²) < 4.78 is 0. The first-order valence-electron chi connectivity index (χ1n) is 7.06. The lowest BCUT2D eigenvalue weighted by Gasteiger charge is -2.32. The van der Waals surface area contributed by atoms with E-state index in [0.717, 1.165) is 25.6 Å². The van der Waals surface area contributed by atoms with Crippen LogP contribution < -0.4 is 5.32 Å². The van der Waals surface area contributed by atoms with Crippen molar-refractivity contribution in [2.75, 3.05) is 26.2 Å². The lowest BCUT2D eigenvalue weighted by molar-refractivity contribution is 0.176. The molecule has 1 aliphatic rings. The number of hydrogen-bond donors (Lipinski definition) is 1. The highest BCUT2D eigenvalue weighted by Gasteiger charge is 2.18. The normalized spacial score (nSPS) is 17.8. The van der Waals surface area contributed by atoms with Gasteiger partial charge in [-0.3, -0.25) is 4.90 Å². The molecule has 0 atom stereocenters. The van der Waals surface area contributed by atoms with Crippen LogP contribution in [0, 0.1) is 5.92 Å². The summed E-state index contributed by atoms with van der Waals surface area (Å²) in [4.78, 5) is 2.50. The number of nitrogens with one attached hydrogen (secondary N) is 1. The van der Waals surface area contributed by atoms with Crippen LogP contribution in [-0.2, 0) is 6.54 Å². The first-order chi connectivity index (χ1) is 9.19. The Morgan fingerprint density at radius 1 is 1.21 bits per heavy atom. The molecule has 1 N–H and O–H groups in total. The van der Waals surface area contributed by atoms with Crippen molar-refractivity contribution in [1.82, 2.24) is 10.2 Å². The van der Waals surface area contributed by atoms with Gasteiger partial charge in [0.1, 0.15) is 0 Å². The molecule has 0 saturated carbocycles. The van der Waals surface area contributed by atoms with Gasteiger partial charge >= 0.3 is 0 Å². The Morgan fingerprint density at radius 2 is 1.95 bits per heavy atom. The zero-order valence-corrected chi connectivity index (χ0v) is 13.0. The molecule has 0 bridgehead atoms. The summed E-state index contributed by atoms with van der Waals surface area (Å²) in [5, 5.41) is 4.73. The Bertz CT molecular complexity index is 401. The summed E-state index contributed by atoms with van der Waals surface area (Å²) in [7, 11) is 0. The molecule has 1 aromatic rings. The summed E-state index contributed by atoms with van der Waals surface area (Å²) in [5.74, 6) is 0.838. The van der Waals surface area contributed by atoms with Crippen molar-refractivity contribution in [2.45, 2.75) is 26.3 Å². The monoisotopic (exact) mass is 300 g/mol. The van der Waals surface area contributed by atoms with Gasteiger partial charge in [0.05, 0.1) is 10.0 Å². The number of likely N-dealkylation sites (tertiary alicyclic amines) is 1. The van der Waals surface area contributed by atoms with Gasteiger partial charge in [0.15, 0.2) is 0 Å². The van der Waals surface area contributed by atoms with Crippen molar-refractivity contribution in [3.05, 3.63) is 33.8 Å². The third kappa shape index (κ3) is 4.64. The molecule has 2 rings (SSSR count). The molecule has 0 amide bonds. The predicted molar refractivity (Wildman–Crippen MR) is 83.0 cm³/mol. The SMILES string of the molecule is CCNCC1CCN(Cc2ccc(Cl)c(Cl)c2)CC1. The maximum atomic E-state index is 6.05. The standard InChI is InChI=1S/C15H22Cl2N2/c1-2-18-10-12-5-7-19(8-6-12)11-13-3-4-14(16)15(17)9-13/h3-4,9,12,18H,2,5-8,10-11H2,1H3. The predicted octanol–water partition coefficient (Wildman–Crippen LogP) is 3.81. The zero-order chi connectivity index (χ0) is 13.7. The Hall–Kier alpha value is -0.280. The minimum Gasteiger partial charge on any atom is -0.317 e. The Morgan fingerprint density at radius 3 is 2.58 bits per heavy atom. The fraction of sp³-hybridized carbons (Fsp3) is 0.600. The fourth-order valence-electron chi connectivity index (χ4n) is 2.59. The number of piperidine rings is 1. The second-order valence-electron chi connectivity index (χ2n) is 5.28. The molecule has 106 valence electrons. The molecule has 0 unspecified atom stereocenters. The Kier molecular flexibility index (Phi) is 5.96. The number of nitrogens with zero attached hydrogens (tertiary/aromatic N) is 1. The highest BCUT2D eigenvalue weighted by atomic mass is 35.5. The number of rotatable bonds is 5. The van der Waals surface area contributed by atoms with Crippen LogP contribution in [0.2, 0.25) is 10.0 Å². The summed E-state index contributed by atoms with van der Waals surface area (Å²) in [6.45, 7) is 7.73. The van der Waals surface area contributed by atoms with Gasteiger partial charge in [-0.05, 0) is 62.6 Å². The van der Waals surface area contributed by atoms with Crippen molar-refractivity contribution >= 4 is 23.2 Å². The second-order valence-corrected chi connectivity index (χ2v) is 6.09. The third-order valence-corrected chi connectivity index (χ3v) is 4.52. The first kappa shape index (κ1) is 15.1. The van der Waals surface area contributed by atoms with E-state index in [1.807, 2.05) is 12.1 Å². The van der Waals surface area contributed by atoms with Crippen LogP contribution in [-0.4, -0.2) is 31.1 Å². The molecular formula is C15H22Cl2N2. The highest BCUT2D eigenvalue weighted by Crippen LogP contribution is 2.24. The van der Waals surface area contributed by atoms with Crippen LogP contribution in [0.1, 0.15) is 25.3 Å². The van der Waals surface area contributed by atoms with E-state index in [1.54, 1.807) is 0 Å². The van der Waals surface area contributed by atoms with E-state index in [0.29, 0.717) is 10.0 Å². The molecule has 0 radical (unpaired) electrons. The van der Waals surface area contributed by atoms with Gasteiger partial charge < -0.3 is 5.32 Å². The molecule has 0 spiro atoms. The van der Waals surface area contributed by atoms with Crippen LogP contribution in [0.3, 0.4) is 0 Å². The molecule has 0 aromatic heterocycles. The van der Waals surface area contributed by atoms with Crippen molar-refractivity contribution in [1.29, 1.82) is 0 Å². The fourth-order valence-corrected chi connectivity index (χ4v) is 2.91. The quantitative estimate of drug-likeness (QED) is 0.889. The van der Waals surface area contributed by atoms with Crippen molar-refractivity contribution in [2.24, 2.45) is 5.92 Å². The zero-order valence-electron chi connectivity index (χ0n) is 11.5. The highest BCUT2D eigenvalue weighted by molar-refractivity contribution is 6.42. The van der Waals surface area contributed by atoms with Crippen LogP contribution in [0.5, 0.6) is 0 Å². The summed E-state index contributed by atoms with van der Waals surface area (Å²) >= 11 is 12.0. The molecule has 1 saturated heterocycles. The van der Waals surface area contributed by atoms with E-state index < -0.39 is 0 Å². The molecule has 1 fully saturated rings. The van der Waals surface area contributed by atoms with Gasteiger partial charge in [0.25, 0.3) is 0 Å². The molecule has 19 heavy (non-hydrogen) atoms. The number of halogens is 2. The van der Waals surface area contributed by atoms with Crippen LogP contribution in [0.15, 0.2) is 18.2 Å². The Balaban J connectivity index is 1.80. The Labute approximate surface area is 126 Å². The number of benzene rings is 1. The summed E-state index contributed by atoms with van der Waals surface area (Å²) in [6, 6.07) is 5.94. The van der Waals surface area contributed by atoms with Gasteiger partial charge in [0, 0.05) is 6.54 Å². The minimum atomic E-state index is 0.634. The van der Waals surface area contributed by atoms with Crippen molar-refractivity contribution in [3.8, 4) is 0 Å². The van der Waals surface area contributed by atoms with Gasteiger partial charge in [-0.1, -0.05) is 36.2 Å². The van der Waals surface area contributed by atoms with Crippen LogP contribution >= 0.6 is 23.2 Å². The lowest BCUT2D eigenvalue weighted by atomic mass is 9.96. The van der Waals surface area contributed by atoms with E-state index in [2.05, 4.69) is 23.2 Å². The van der Waals surface area contributed by atoms with E-state index in [1.165, 1.54) is 31.5 Å². The first-order valence-corrected chi connectivity index (χ1v) is 7.81.